The minimum Gasteiger partial charge on any atom is -0.367 e. The number of thiol groups is 1. The number of anilines is 1. The fourth-order valence-corrected chi connectivity index (χ4v) is 2.26. The van der Waals surface area contributed by atoms with Gasteiger partial charge in [-0.15, -0.1) is 0 Å². The molecule has 1 aromatic carbocycles. The molecule has 1 saturated heterocycles. The summed E-state index contributed by atoms with van der Waals surface area (Å²) in [5.41, 5.74) is 0.740. The van der Waals surface area contributed by atoms with Crippen molar-refractivity contribution in [3.63, 3.8) is 0 Å². The summed E-state index contributed by atoms with van der Waals surface area (Å²) in [6.45, 7) is 3.65. The molecule has 0 unspecified atom stereocenters. The van der Waals surface area contributed by atoms with Crippen molar-refractivity contribution in [3.05, 3.63) is 24.0 Å². The molecule has 1 aliphatic heterocycles. The van der Waals surface area contributed by atoms with Gasteiger partial charge in [-0.1, -0.05) is 0 Å². The second-order valence-electron chi connectivity index (χ2n) is 3.60. The summed E-state index contributed by atoms with van der Waals surface area (Å²) in [5.74, 6) is -0.0937. The fourth-order valence-electron chi connectivity index (χ4n) is 1.80. The van der Waals surface area contributed by atoms with Crippen molar-refractivity contribution in [1.82, 2.24) is 5.32 Å². The van der Waals surface area contributed by atoms with Crippen molar-refractivity contribution in [2.45, 2.75) is 4.90 Å². The summed E-state index contributed by atoms with van der Waals surface area (Å²) in [7, 11) is 0. The molecule has 82 valence electrons. The van der Waals surface area contributed by atoms with Gasteiger partial charge >= 0.3 is 0 Å². The molecule has 15 heavy (non-hydrogen) atoms. The van der Waals surface area contributed by atoms with Gasteiger partial charge in [-0.3, -0.25) is 0 Å². The molecule has 1 aromatic rings. The molecule has 1 heterocycles. The number of piperazine rings is 1. The van der Waals surface area contributed by atoms with Crippen LogP contribution in [0, 0.1) is 5.82 Å². The van der Waals surface area contributed by atoms with Crippen molar-refractivity contribution >= 4 is 17.4 Å². The van der Waals surface area contributed by atoms with Gasteiger partial charge < -0.3 is 10.2 Å². The van der Waals surface area contributed by atoms with E-state index in [0.29, 0.717) is 0 Å². The first kappa shape index (κ1) is 10.8. The van der Waals surface area contributed by atoms with Crippen molar-refractivity contribution < 1.29 is 4.39 Å². The SMILES string of the molecule is C[SH+]c1ccc(N2CCNCC2)c(F)c1. The summed E-state index contributed by atoms with van der Waals surface area (Å²) >= 11 is 1.11. The summed E-state index contributed by atoms with van der Waals surface area (Å²) in [6.07, 6.45) is 2.01. The quantitative estimate of drug-likeness (QED) is 0.600. The average Bonchev–Trinajstić information content (AvgIpc) is 2.30. The molecule has 0 atom stereocenters. The Bertz CT molecular complexity index is 337. The van der Waals surface area contributed by atoms with Crippen LogP contribution < -0.4 is 10.2 Å². The molecular formula is C11H16FN2S+. The third-order valence-electron chi connectivity index (χ3n) is 2.65. The Labute approximate surface area is 93.8 Å². The van der Waals surface area contributed by atoms with Crippen LogP contribution in [0.2, 0.25) is 0 Å². The molecule has 0 amide bonds. The lowest BCUT2D eigenvalue weighted by Gasteiger charge is -2.29. The summed E-state index contributed by atoms with van der Waals surface area (Å²) in [6, 6.07) is 5.54. The van der Waals surface area contributed by atoms with E-state index in [1.165, 1.54) is 0 Å². The number of nitrogens with zero attached hydrogens (tertiary/aromatic N) is 1. The standard InChI is InChI=1S/C11H15FN2S/c1-15-9-2-3-11(10(12)8-9)14-6-4-13-5-7-14/h2-3,8,13H,4-7H2,1H3/p+1. The van der Waals surface area contributed by atoms with E-state index in [0.717, 1.165) is 48.5 Å². The van der Waals surface area contributed by atoms with E-state index in [1.54, 1.807) is 6.07 Å². The largest absolute Gasteiger partial charge is 0.367 e. The average molecular weight is 227 g/mol. The zero-order valence-corrected chi connectivity index (χ0v) is 9.73. The van der Waals surface area contributed by atoms with E-state index in [-0.39, 0.29) is 5.82 Å². The highest BCUT2D eigenvalue weighted by atomic mass is 32.2. The van der Waals surface area contributed by atoms with E-state index in [4.69, 9.17) is 0 Å². The van der Waals surface area contributed by atoms with Gasteiger partial charge in [0.25, 0.3) is 0 Å². The van der Waals surface area contributed by atoms with Gasteiger partial charge in [-0.05, 0) is 12.1 Å². The van der Waals surface area contributed by atoms with Gasteiger partial charge in [0.05, 0.1) is 5.69 Å². The van der Waals surface area contributed by atoms with Crippen molar-refractivity contribution in [2.24, 2.45) is 0 Å². The van der Waals surface area contributed by atoms with Gasteiger partial charge in [0.1, 0.15) is 6.26 Å². The molecule has 0 aromatic heterocycles. The van der Waals surface area contributed by atoms with Gasteiger partial charge in [-0.2, -0.15) is 0 Å². The highest BCUT2D eigenvalue weighted by Gasteiger charge is 2.15. The summed E-state index contributed by atoms with van der Waals surface area (Å²) < 4.78 is 13.8. The van der Waals surface area contributed by atoms with Crippen LogP contribution in [0.25, 0.3) is 0 Å². The van der Waals surface area contributed by atoms with E-state index in [9.17, 15) is 4.39 Å². The van der Waals surface area contributed by atoms with Gasteiger partial charge in [-0.25, -0.2) is 4.39 Å². The number of rotatable bonds is 2. The first-order chi connectivity index (χ1) is 7.31. The highest BCUT2D eigenvalue weighted by molar-refractivity contribution is 7.77. The first-order valence-electron chi connectivity index (χ1n) is 5.16. The topological polar surface area (TPSA) is 15.3 Å². The highest BCUT2D eigenvalue weighted by Crippen LogP contribution is 2.21. The molecule has 4 heteroatoms. The Morgan fingerprint density at radius 2 is 2.07 bits per heavy atom. The number of halogens is 1. The molecule has 1 N–H and O–H groups in total. The third-order valence-corrected chi connectivity index (χ3v) is 3.44. The molecule has 0 spiro atoms. The zero-order valence-electron chi connectivity index (χ0n) is 8.83. The zero-order chi connectivity index (χ0) is 10.7. The molecule has 1 aliphatic rings. The first-order valence-corrected chi connectivity index (χ1v) is 6.50. The van der Waals surface area contributed by atoms with E-state index in [1.807, 2.05) is 18.4 Å². The minimum absolute atomic E-state index is 0.0937. The Hall–Kier alpha value is -0.740. The Kier molecular flexibility index (Phi) is 3.49. The lowest BCUT2D eigenvalue weighted by atomic mass is 10.2. The van der Waals surface area contributed by atoms with Gasteiger partial charge in [0, 0.05) is 44.0 Å². The monoisotopic (exact) mass is 227 g/mol. The fraction of sp³-hybridized carbons (Fsp3) is 0.455. The van der Waals surface area contributed by atoms with Crippen molar-refractivity contribution in [2.75, 3.05) is 37.3 Å². The van der Waals surface area contributed by atoms with Gasteiger partial charge in [0.15, 0.2) is 10.7 Å². The minimum atomic E-state index is -0.0937. The van der Waals surface area contributed by atoms with E-state index < -0.39 is 0 Å². The molecule has 0 aliphatic carbocycles. The number of nitrogens with one attached hydrogen (secondary N) is 1. The van der Waals surface area contributed by atoms with Gasteiger partial charge in [0.2, 0.25) is 0 Å². The van der Waals surface area contributed by atoms with Crippen LogP contribution in [0.15, 0.2) is 23.1 Å². The Balaban J connectivity index is 2.19. The molecule has 0 bridgehead atoms. The maximum Gasteiger partial charge on any atom is 0.155 e. The Morgan fingerprint density at radius 3 is 2.67 bits per heavy atom. The van der Waals surface area contributed by atoms with E-state index >= 15 is 0 Å². The smallest absolute Gasteiger partial charge is 0.155 e. The van der Waals surface area contributed by atoms with Crippen LogP contribution >= 0.6 is 0 Å². The molecular weight excluding hydrogens is 211 g/mol. The molecule has 2 rings (SSSR count). The Morgan fingerprint density at radius 1 is 1.33 bits per heavy atom. The molecule has 0 radical (unpaired) electrons. The lowest BCUT2D eigenvalue weighted by Crippen LogP contribution is -2.43. The van der Waals surface area contributed by atoms with Crippen molar-refractivity contribution in [3.8, 4) is 0 Å². The van der Waals surface area contributed by atoms with Crippen LogP contribution in [-0.4, -0.2) is 32.4 Å². The molecule has 2 nitrogen and oxygen atoms in total. The third kappa shape index (κ3) is 2.44. The summed E-state index contributed by atoms with van der Waals surface area (Å²) in [4.78, 5) is 3.13. The maximum atomic E-state index is 13.8. The van der Waals surface area contributed by atoms with E-state index in [2.05, 4.69) is 10.2 Å². The maximum absolute atomic E-state index is 13.8. The number of benzene rings is 1. The van der Waals surface area contributed by atoms with Crippen molar-refractivity contribution in [1.29, 1.82) is 0 Å². The van der Waals surface area contributed by atoms with Crippen LogP contribution in [-0.2, 0) is 11.8 Å². The predicted molar refractivity (Wildman–Crippen MR) is 64.4 cm³/mol. The van der Waals surface area contributed by atoms with Crippen LogP contribution in [0.1, 0.15) is 0 Å². The second-order valence-corrected chi connectivity index (χ2v) is 4.56. The number of hydrogen-bond acceptors (Lipinski definition) is 2. The predicted octanol–water partition coefficient (Wildman–Crippen LogP) is 1.04. The second kappa shape index (κ2) is 4.86. The summed E-state index contributed by atoms with van der Waals surface area (Å²) in [5, 5.41) is 3.26. The van der Waals surface area contributed by atoms with Crippen LogP contribution in [0.5, 0.6) is 0 Å². The van der Waals surface area contributed by atoms with Crippen LogP contribution in [0.3, 0.4) is 0 Å². The normalized spacial score (nSPS) is 16.8. The number of hydrogen-bond donors (Lipinski definition) is 1. The molecule has 0 saturated carbocycles. The van der Waals surface area contributed by atoms with Crippen LogP contribution in [0.4, 0.5) is 10.1 Å². The lowest BCUT2D eigenvalue weighted by molar-refractivity contribution is 0.565. The molecule has 1 fully saturated rings.